The fraction of sp³-hybridized carbons (Fsp3) is 0.562. The zero-order chi connectivity index (χ0) is 14.6. The molecule has 0 atom stereocenters. The van der Waals surface area contributed by atoms with E-state index in [9.17, 15) is 4.79 Å². The SMILES string of the molecule is CCCCOc1cccc(OCCCCC(=O)OC)c1. The summed E-state index contributed by atoms with van der Waals surface area (Å²) >= 11 is 0. The summed E-state index contributed by atoms with van der Waals surface area (Å²) in [6.07, 6.45) is 4.23. The van der Waals surface area contributed by atoms with Gasteiger partial charge in [0.25, 0.3) is 0 Å². The van der Waals surface area contributed by atoms with E-state index in [-0.39, 0.29) is 5.97 Å². The molecule has 0 radical (unpaired) electrons. The Kier molecular flexibility index (Phi) is 8.27. The van der Waals surface area contributed by atoms with E-state index in [1.807, 2.05) is 24.3 Å². The highest BCUT2D eigenvalue weighted by atomic mass is 16.5. The van der Waals surface area contributed by atoms with E-state index in [1.165, 1.54) is 7.11 Å². The molecule has 20 heavy (non-hydrogen) atoms. The van der Waals surface area contributed by atoms with Crippen molar-refractivity contribution in [2.75, 3.05) is 20.3 Å². The Hall–Kier alpha value is -1.71. The molecule has 1 aromatic rings. The van der Waals surface area contributed by atoms with Crippen LogP contribution in [0.5, 0.6) is 11.5 Å². The first-order valence-corrected chi connectivity index (χ1v) is 7.18. The van der Waals surface area contributed by atoms with Crippen LogP contribution in [0.4, 0.5) is 0 Å². The molecule has 4 heteroatoms. The normalized spacial score (nSPS) is 10.1. The summed E-state index contributed by atoms with van der Waals surface area (Å²) in [5.41, 5.74) is 0. The molecule has 0 N–H and O–H groups in total. The molecule has 112 valence electrons. The van der Waals surface area contributed by atoms with E-state index in [2.05, 4.69) is 11.7 Å². The molecule has 4 nitrogen and oxygen atoms in total. The van der Waals surface area contributed by atoms with Crippen LogP contribution in [0.1, 0.15) is 39.0 Å². The van der Waals surface area contributed by atoms with E-state index in [4.69, 9.17) is 9.47 Å². The molecule has 0 fully saturated rings. The molecule has 0 saturated heterocycles. The molecule has 0 saturated carbocycles. The van der Waals surface area contributed by atoms with Crippen molar-refractivity contribution in [2.24, 2.45) is 0 Å². The van der Waals surface area contributed by atoms with Crippen LogP contribution >= 0.6 is 0 Å². The minimum absolute atomic E-state index is 0.170. The maximum atomic E-state index is 10.9. The van der Waals surface area contributed by atoms with Crippen LogP contribution in [-0.2, 0) is 9.53 Å². The molecule has 0 unspecified atom stereocenters. The van der Waals surface area contributed by atoms with Crippen LogP contribution in [0, 0.1) is 0 Å². The van der Waals surface area contributed by atoms with Crippen LogP contribution in [-0.4, -0.2) is 26.3 Å². The third kappa shape index (κ3) is 7.02. The molecule has 0 aliphatic heterocycles. The monoisotopic (exact) mass is 280 g/mol. The summed E-state index contributed by atoms with van der Waals surface area (Å²) in [7, 11) is 1.41. The van der Waals surface area contributed by atoms with E-state index in [0.717, 1.165) is 43.8 Å². The van der Waals surface area contributed by atoms with Crippen molar-refractivity contribution in [3.63, 3.8) is 0 Å². The van der Waals surface area contributed by atoms with Gasteiger partial charge in [0.1, 0.15) is 11.5 Å². The summed E-state index contributed by atoms with van der Waals surface area (Å²) in [5, 5.41) is 0. The largest absolute Gasteiger partial charge is 0.493 e. The Morgan fingerprint density at radius 3 is 2.30 bits per heavy atom. The Morgan fingerprint density at radius 2 is 1.70 bits per heavy atom. The molecule has 1 aromatic carbocycles. The van der Waals surface area contributed by atoms with Gasteiger partial charge in [0.05, 0.1) is 20.3 Å². The lowest BCUT2D eigenvalue weighted by atomic mass is 10.2. The maximum Gasteiger partial charge on any atom is 0.305 e. The highest BCUT2D eigenvalue weighted by Crippen LogP contribution is 2.20. The number of hydrogen-bond acceptors (Lipinski definition) is 4. The fourth-order valence-corrected chi connectivity index (χ4v) is 1.65. The minimum Gasteiger partial charge on any atom is -0.493 e. The van der Waals surface area contributed by atoms with Crippen LogP contribution in [0.3, 0.4) is 0 Å². The number of carbonyl (C=O) groups is 1. The smallest absolute Gasteiger partial charge is 0.305 e. The number of benzene rings is 1. The number of hydrogen-bond donors (Lipinski definition) is 0. The second kappa shape index (κ2) is 10.1. The van der Waals surface area contributed by atoms with E-state index in [0.29, 0.717) is 13.0 Å². The third-order valence-corrected chi connectivity index (χ3v) is 2.84. The number of rotatable bonds is 10. The third-order valence-electron chi connectivity index (χ3n) is 2.84. The topological polar surface area (TPSA) is 44.8 Å². The van der Waals surface area contributed by atoms with Crippen LogP contribution < -0.4 is 9.47 Å². The van der Waals surface area contributed by atoms with Crippen molar-refractivity contribution in [3.8, 4) is 11.5 Å². The second-order valence-electron chi connectivity index (χ2n) is 4.56. The first kappa shape index (κ1) is 16.3. The second-order valence-corrected chi connectivity index (χ2v) is 4.56. The minimum atomic E-state index is -0.170. The number of carbonyl (C=O) groups excluding carboxylic acids is 1. The van der Waals surface area contributed by atoms with Gasteiger partial charge in [0, 0.05) is 12.5 Å². The Bertz CT molecular complexity index is 390. The molecule has 1 rings (SSSR count). The van der Waals surface area contributed by atoms with Gasteiger partial charge in [-0.1, -0.05) is 19.4 Å². The molecular weight excluding hydrogens is 256 g/mol. The summed E-state index contributed by atoms with van der Waals surface area (Å²) in [6, 6.07) is 7.66. The molecule has 0 bridgehead atoms. The molecule has 0 aliphatic carbocycles. The highest BCUT2D eigenvalue weighted by Gasteiger charge is 2.01. The lowest BCUT2D eigenvalue weighted by Crippen LogP contribution is -2.03. The average Bonchev–Trinajstić information content (AvgIpc) is 2.47. The van der Waals surface area contributed by atoms with Crippen molar-refractivity contribution >= 4 is 5.97 Å². The first-order valence-electron chi connectivity index (χ1n) is 7.18. The number of ether oxygens (including phenoxy) is 3. The summed E-state index contributed by atoms with van der Waals surface area (Å²) in [5.74, 6) is 1.47. The quantitative estimate of drug-likeness (QED) is 0.485. The standard InChI is InChI=1S/C16H24O4/c1-3-4-11-19-14-8-7-9-15(13-14)20-12-6-5-10-16(17)18-2/h7-9,13H,3-6,10-12H2,1-2H3. The van der Waals surface area contributed by atoms with E-state index >= 15 is 0 Å². The molecular formula is C16H24O4. The van der Waals surface area contributed by atoms with Crippen molar-refractivity contribution in [3.05, 3.63) is 24.3 Å². The van der Waals surface area contributed by atoms with Crippen LogP contribution in [0.25, 0.3) is 0 Å². The molecule has 0 aliphatic rings. The van der Waals surface area contributed by atoms with E-state index in [1.54, 1.807) is 0 Å². The number of unbranched alkanes of at least 4 members (excludes halogenated alkanes) is 2. The van der Waals surface area contributed by atoms with Crippen LogP contribution in [0.2, 0.25) is 0 Å². The predicted octanol–water partition coefficient (Wildman–Crippen LogP) is 3.59. The summed E-state index contributed by atoms with van der Waals surface area (Å²) in [6.45, 7) is 3.46. The Labute approximate surface area is 121 Å². The molecule has 0 aromatic heterocycles. The predicted molar refractivity (Wildman–Crippen MR) is 78.2 cm³/mol. The van der Waals surface area contributed by atoms with Gasteiger partial charge in [0.2, 0.25) is 0 Å². The zero-order valence-corrected chi connectivity index (χ0v) is 12.4. The number of methoxy groups -OCH3 is 1. The lowest BCUT2D eigenvalue weighted by molar-refractivity contribution is -0.140. The lowest BCUT2D eigenvalue weighted by Gasteiger charge is -2.09. The van der Waals surface area contributed by atoms with Gasteiger partial charge in [-0.05, 0) is 31.4 Å². The molecule has 0 amide bonds. The van der Waals surface area contributed by atoms with Crippen molar-refractivity contribution in [2.45, 2.75) is 39.0 Å². The summed E-state index contributed by atoms with van der Waals surface area (Å²) < 4.78 is 15.8. The average molecular weight is 280 g/mol. The van der Waals surface area contributed by atoms with Gasteiger partial charge >= 0.3 is 5.97 Å². The van der Waals surface area contributed by atoms with Gasteiger partial charge in [-0.25, -0.2) is 0 Å². The molecule has 0 spiro atoms. The highest BCUT2D eigenvalue weighted by molar-refractivity contribution is 5.68. The summed E-state index contributed by atoms with van der Waals surface area (Å²) in [4.78, 5) is 10.9. The Balaban J connectivity index is 2.22. The van der Waals surface area contributed by atoms with Crippen molar-refractivity contribution in [1.29, 1.82) is 0 Å². The van der Waals surface area contributed by atoms with Gasteiger partial charge in [-0.15, -0.1) is 0 Å². The van der Waals surface area contributed by atoms with Crippen molar-refractivity contribution in [1.82, 2.24) is 0 Å². The first-order chi connectivity index (χ1) is 9.76. The van der Waals surface area contributed by atoms with Gasteiger partial charge in [0.15, 0.2) is 0 Å². The van der Waals surface area contributed by atoms with Gasteiger partial charge in [-0.3, -0.25) is 4.79 Å². The number of esters is 1. The fourth-order valence-electron chi connectivity index (χ4n) is 1.65. The van der Waals surface area contributed by atoms with Gasteiger partial charge in [-0.2, -0.15) is 0 Å². The maximum absolute atomic E-state index is 10.9. The van der Waals surface area contributed by atoms with Gasteiger partial charge < -0.3 is 14.2 Å². The Morgan fingerprint density at radius 1 is 1.05 bits per heavy atom. The molecule has 0 heterocycles. The van der Waals surface area contributed by atoms with Crippen LogP contribution in [0.15, 0.2) is 24.3 Å². The van der Waals surface area contributed by atoms with E-state index < -0.39 is 0 Å². The van der Waals surface area contributed by atoms with Crippen molar-refractivity contribution < 1.29 is 19.0 Å². The zero-order valence-electron chi connectivity index (χ0n) is 12.4.